The molecular formula is C13H23N5O. The third kappa shape index (κ3) is 3.96. The number of carbonyl (C=O) groups excluding carboxylic acids is 1. The number of hydrogen-bond acceptors (Lipinski definition) is 3. The molecule has 0 bridgehead atoms. The molecule has 1 fully saturated rings. The first-order valence-electron chi connectivity index (χ1n) is 6.72. The fourth-order valence-electron chi connectivity index (χ4n) is 2.51. The molecule has 0 spiro atoms. The van der Waals surface area contributed by atoms with Crippen LogP contribution in [0, 0.1) is 12.8 Å². The average Bonchev–Trinajstić information content (AvgIpc) is 2.95. The molecule has 1 aromatic heterocycles. The van der Waals surface area contributed by atoms with Crippen molar-refractivity contribution in [1.82, 2.24) is 25.1 Å². The Kier molecular flexibility index (Phi) is 4.42. The summed E-state index contributed by atoms with van der Waals surface area (Å²) in [6, 6.07) is 0.00955. The zero-order valence-corrected chi connectivity index (χ0v) is 11.9. The lowest BCUT2D eigenvalue weighted by atomic mass is 10.1. The Morgan fingerprint density at radius 2 is 2.42 bits per heavy atom. The minimum Gasteiger partial charge on any atom is -0.345 e. The van der Waals surface area contributed by atoms with Crippen molar-refractivity contribution in [2.75, 3.05) is 33.7 Å². The van der Waals surface area contributed by atoms with Crippen molar-refractivity contribution >= 4 is 6.03 Å². The van der Waals surface area contributed by atoms with Gasteiger partial charge in [0, 0.05) is 31.5 Å². The van der Waals surface area contributed by atoms with Gasteiger partial charge < -0.3 is 20.1 Å². The maximum absolute atomic E-state index is 12.0. The van der Waals surface area contributed by atoms with E-state index < -0.39 is 0 Å². The Morgan fingerprint density at radius 3 is 3.05 bits per heavy atom. The van der Waals surface area contributed by atoms with Gasteiger partial charge in [-0.3, -0.25) is 0 Å². The summed E-state index contributed by atoms with van der Waals surface area (Å²) in [5.41, 5.74) is 1.01. The molecule has 1 aliphatic heterocycles. The number of aromatic nitrogens is 2. The predicted molar refractivity (Wildman–Crippen MR) is 73.8 cm³/mol. The quantitative estimate of drug-likeness (QED) is 0.847. The molecule has 2 heterocycles. The number of nitrogens with zero attached hydrogens (tertiary/aromatic N) is 3. The second-order valence-corrected chi connectivity index (χ2v) is 5.53. The molecule has 1 aliphatic rings. The predicted octanol–water partition coefficient (Wildman–Crippen LogP) is 0.811. The summed E-state index contributed by atoms with van der Waals surface area (Å²) in [4.78, 5) is 23.4. The third-order valence-corrected chi connectivity index (χ3v) is 3.36. The van der Waals surface area contributed by atoms with E-state index in [-0.39, 0.29) is 6.03 Å². The number of urea groups is 1. The minimum absolute atomic E-state index is 0.00955. The van der Waals surface area contributed by atoms with Crippen LogP contribution in [0.25, 0.3) is 0 Å². The topological polar surface area (TPSA) is 64.3 Å². The average molecular weight is 265 g/mol. The summed E-state index contributed by atoms with van der Waals surface area (Å²) in [5, 5.41) is 2.91. The molecular weight excluding hydrogens is 242 g/mol. The molecule has 2 rings (SSSR count). The van der Waals surface area contributed by atoms with Gasteiger partial charge in [-0.25, -0.2) is 9.78 Å². The van der Waals surface area contributed by atoms with E-state index in [1.54, 1.807) is 6.20 Å². The third-order valence-electron chi connectivity index (χ3n) is 3.36. The standard InChI is InChI=1S/C13H23N5O/c1-10-6-14-12(16-10)7-15-13(19)18-5-4-11(9-18)8-17(2)3/h6,11H,4-5,7-9H2,1-3H3,(H,14,16)(H,15,19)/t11-/m0/s1. The van der Waals surface area contributed by atoms with Crippen molar-refractivity contribution < 1.29 is 4.79 Å². The number of imidazole rings is 1. The molecule has 106 valence electrons. The fraction of sp³-hybridized carbons (Fsp3) is 0.692. The van der Waals surface area contributed by atoms with Gasteiger partial charge >= 0.3 is 6.03 Å². The van der Waals surface area contributed by atoms with Crippen LogP contribution in [0.1, 0.15) is 17.9 Å². The molecule has 2 N–H and O–H groups in total. The van der Waals surface area contributed by atoms with Gasteiger partial charge in [0.2, 0.25) is 0 Å². The van der Waals surface area contributed by atoms with Gasteiger partial charge in [0.15, 0.2) is 0 Å². The van der Waals surface area contributed by atoms with Crippen molar-refractivity contribution in [2.45, 2.75) is 19.9 Å². The van der Waals surface area contributed by atoms with E-state index in [9.17, 15) is 4.79 Å². The van der Waals surface area contributed by atoms with Crippen LogP contribution in [-0.4, -0.2) is 59.5 Å². The van der Waals surface area contributed by atoms with Crippen LogP contribution in [0.2, 0.25) is 0 Å². The van der Waals surface area contributed by atoms with Crippen LogP contribution in [0.4, 0.5) is 4.79 Å². The van der Waals surface area contributed by atoms with Crippen LogP contribution in [0.5, 0.6) is 0 Å². The highest BCUT2D eigenvalue weighted by molar-refractivity contribution is 5.74. The first-order chi connectivity index (χ1) is 9.04. The van der Waals surface area contributed by atoms with Gasteiger partial charge in [-0.2, -0.15) is 0 Å². The second kappa shape index (κ2) is 6.06. The highest BCUT2D eigenvalue weighted by Gasteiger charge is 2.26. The highest BCUT2D eigenvalue weighted by Crippen LogP contribution is 2.16. The van der Waals surface area contributed by atoms with Crippen molar-refractivity contribution in [1.29, 1.82) is 0 Å². The van der Waals surface area contributed by atoms with Crippen molar-refractivity contribution in [3.63, 3.8) is 0 Å². The van der Waals surface area contributed by atoms with Crippen LogP contribution in [0.15, 0.2) is 6.20 Å². The number of rotatable bonds is 4. The van der Waals surface area contributed by atoms with E-state index in [1.165, 1.54) is 0 Å². The van der Waals surface area contributed by atoms with Gasteiger partial charge in [-0.1, -0.05) is 0 Å². The fourth-order valence-corrected chi connectivity index (χ4v) is 2.51. The summed E-state index contributed by atoms with van der Waals surface area (Å²) in [7, 11) is 4.14. The monoisotopic (exact) mass is 265 g/mol. The first-order valence-corrected chi connectivity index (χ1v) is 6.72. The van der Waals surface area contributed by atoms with Crippen molar-refractivity contribution in [3.8, 4) is 0 Å². The van der Waals surface area contributed by atoms with Gasteiger partial charge in [0.25, 0.3) is 0 Å². The summed E-state index contributed by atoms with van der Waals surface area (Å²) >= 11 is 0. The highest BCUT2D eigenvalue weighted by atomic mass is 16.2. The van der Waals surface area contributed by atoms with Crippen molar-refractivity contribution in [2.24, 2.45) is 5.92 Å². The minimum atomic E-state index is 0.00955. The van der Waals surface area contributed by atoms with E-state index in [2.05, 4.69) is 34.3 Å². The number of amides is 2. The Morgan fingerprint density at radius 1 is 1.63 bits per heavy atom. The van der Waals surface area contributed by atoms with E-state index >= 15 is 0 Å². The Balaban J connectivity index is 1.75. The molecule has 0 aromatic carbocycles. The van der Waals surface area contributed by atoms with Gasteiger partial charge in [0.1, 0.15) is 5.82 Å². The summed E-state index contributed by atoms with van der Waals surface area (Å²) < 4.78 is 0. The van der Waals surface area contributed by atoms with E-state index in [0.29, 0.717) is 12.5 Å². The van der Waals surface area contributed by atoms with E-state index in [1.807, 2.05) is 11.8 Å². The first kappa shape index (κ1) is 13.9. The molecule has 6 nitrogen and oxygen atoms in total. The van der Waals surface area contributed by atoms with Crippen LogP contribution >= 0.6 is 0 Å². The van der Waals surface area contributed by atoms with Gasteiger partial charge in [-0.05, 0) is 33.4 Å². The number of carbonyl (C=O) groups is 1. The van der Waals surface area contributed by atoms with Crippen LogP contribution < -0.4 is 5.32 Å². The number of nitrogens with one attached hydrogen (secondary N) is 2. The molecule has 2 amide bonds. The maximum Gasteiger partial charge on any atom is 0.317 e. The molecule has 1 saturated heterocycles. The molecule has 0 unspecified atom stereocenters. The number of aromatic amines is 1. The van der Waals surface area contributed by atoms with E-state index in [4.69, 9.17) is 0 Å². The van der Waals surface area contributed by atoms with Gasteiger partial charge in [-0.15, -0.1) is 0 Å². The summed E-state index contributed by atoms with van der Waals surface area (Å²) in [6.07, 6.45) is 2.86. The SMILES string of the molecule is Cc1cnc(CNC(=O)N2CC[C@@H](CN(C)C)C2)[nH]1. The molecule has 1 aromatic rings. The van der Waals surface area contributed by atoms with Crippen molar-refractivity contribution in [3.05, 3.63) is 17.7 Å². The second-order valence-electron chi connectivity index (χ2n) is 5.53. The Hall–Kier alpha value is -1.56. The number of likely N-dealkylation sites (tertiary alicyclic amines) is 1. The van der Waals surface area contributed by atoms with Crippen LogP contribution in [-0.2, 0) is 6.54 Å². The number of hydrogen-bond donors (Lipinski definition) is 2. The molecule has 0 radical (unpaired) electrons. The number of H-pyrrole nitrogens is 1. The molecule has 6 heteroatoms. The van der Waals surface area contributed by atoms with E-state index in [0.717, 1.165) is 37.6 Å². The number of aryl methyl sites for hydroxylation is 1. The molecule has 0 aliphatic carbocycles. The van der Waals surface area contributed by atoms with Crippen LogP contribution in [0.3, 0.4) is 0 Å². The smallest absolute Gasteiger partial charge is 0.317 e. The lowest BCUT2D eigenvalue weighted by molar-refractivity contribution is 0.204. The van der Waals surface area contributed by atoms with Gasteiger partial charge in [0.05, 0.1) is 6.54 Å². The normalized spacial score (nSPS) is 19.2. The lowest BCUT2D eigenvalue weighted by Crippen LogP contribution is -2.38. The Labute approximate surface area is 114 Å². The zero-order chi connectivity index (χ0) is 13.8. The maximum atomic E-state index is 12.0. The molecule has 1 atom stereocenters. The summed E-state index contributed by atoms with van der Waals surface area (Å²) in [6.45, 7) is 5.15. The lowest BCUT2D eigenvalue weighted by Gasteiger charge is -2.18. The molecule has 19 heavy (non-hydrogen) atoms. The largest absolute Gasteiger partial charge is 0.345 e. The molecule has 0 saturated carbocycles. The Bertz CT molecular complexity index is 428. The summed E-state index contributed by atoms with van der Waals surface area (Å²) in [5.74, 6) is 1.39. The zero-order valence-electron chi connectivity index (χ0n) is 11.9.